The molecule has 232 valence electrons. The summed E-state index contributed by atoms with van der Waals surface area (Å²) in [4.78, 5) is 16.7. The number of nitrogens with one attached hydrogen (secondary N) is 1. The Morgan fingerprint density at radius 3 is 2.24 bits per heavy atom. The molecule has 5 rings (SSSR count). The van der Waals surface area contributed by atoms with Crippen LogP contribution in [0.1, 0.15) is 27.3 Å². The predicted octanol–water partition coefficient (Wildman–Crippen LogP) is 8.21. The number of alkyl halides is 3. The molecule has 0 radical (unpaired) electrons. The zero-order valence-corrected chi connectivity index (χ0v) is 25.8. The molecule has 0 aliphatic rings. The minimum Gasteiger partial charge on any atom is -0.465 e. The summed E-state index contributed by atoms with van der Waals surface area (Å²) in [6.07, 6.45) is 2.32. The predicted molar refractivity (Wildman–Crippen MR) is 168 cm³/mol. The molecule has 0 unspecified atom stereocenters. The molecule has 0 amide bonds. The highest BCUT2D eigenvalue weighted by Gasteiger charge is 2.46. The molecule has 13 heteroatoms. The Balaban J connectivity index is 1.42. The zero-order valence-electron chi connectivity index (χ0n) is 23.5. The van der Waals surface area contributed by atoms with Crippen molar-refractivity contribution >= 4 is 44.9 Å². The standard InChI is InChI=1S/C32H24Cl2F3N3O4S/c1-44-31(41)23-11-7-21(8-12-23)18-40-19-29(27-14-13-25(33)17-28(27)34)38-30(40)15-20-5-9-22(10-6-20)24-3-2-4-26(16-24)39-45(42,43)32(35,36)37/h2-14,16-17,19,39H,15,18H2,1H3. The van der Waals surface area contributed by atoms with Gasteiger partial charge < -0.3 is 9.30 Å². The minimum absolute atomic E-state index is 0.205. The van der Waals surface area contributed by atoms with E-state index in [2.05, 4.69) is 0 Å². The average molecular weight is 675 g/mol. The Hall–Kier alpha value is -4.32. The van der Waals surface area contributed by atoms with Gasteiger partial charge in [0.1, 0.15) is 5.82 Å². The number of sulfonamides is 1. The summed E-state index contributed by atoms with van der Waals surface area (Å²) in [6, 6.07) is 25.2. The molecule has 0 saturated carbocycles. The number of hydrogen-bond donors (Lipinski definition) is 1. The molecular weight excluding hydrogens is 650 g/mol. The summed E-state index contributed by atoms with van der Waals surface area (Å²) in [5.41, 5.74) is -0.823. The van der Waals surface area contributed by atoms with Crippen LogP contribution in [0.4, 0.5) is 18.9 Å². The molecule has 1 N–H and O–H groups in total. The quantitative estimate of drug-likeness (QED) is 0.159. The molecule has 0 atom stereocenters. The van der Waals surface area contributed by atoms with Crippen molar-refractivity contribution < 1.29 is 31.1 Å². The third-order valence-electron chi connectivity index (χ3n) is 6.86. The van der Waals surface area contributed by atoms with Gasteiger partial charge in [-0.1, -0.05) is 71.7 Å². The van der Waals surface area contributed by atoms with Gasteiger partial charge in [0.25, 0.3) is 0 Å². The van der Waals surface area contributed by atoms with Crippen LogP contribution in [-0.4, -0.2) is 36.6 Å². The Morgan fingerprint density at radius 1 is 0.911 bits per heavy atom. The van der Waals surface area contributed by atoms with Crippen molar-refractivity contribution in [2.75, 3.05) is 11.8 Å². The first-order valence-electron chi connectivity index (χ1n) is 13.3. The lowest BCUT2D eigenvalue weighted by Gasteiger charge is -2.12. The zero-order chi connectivity index (χ0) is 32.4. The highest BCUT2D eigenvalue weighted by molar-refractivity contribution is 7.93. The molecule has 0 spiro atoms. The van der Waals surface area contributed by atoms with Crippen LogP contribution in [-0.2, 0) is 27.7 Å². The van der Waals surface area contributed by atoms with E-state index in [0.29, 0.717) is 51.0 Å². The molecule has 7 nitrogen and oxygen atoms in total. The summed E-state index contributed by atoms with van der Waals surface area (Å²) >= 11 is 12.6. The normalized spacial score (nSPS) is 11.8. The first-order valence-corrected chi connectivity index (χ1v) is 15.5. The number of carbonyl (C=O) groups excluding carboxylic acids is 1. The number of anilines is 1. The van der Waals surface area contributed by atoms with Gasteiger partial charge in [-0.3, -0.25) is 4.72 Å². The monoisotopic (exact) mass is 673 g/mol. The lowest BCUT2D eigenvalue weighted by molar-refractivity contribution is -0.0429. The van der Waals surface area contributed by atoms with E-state index in [1.165, 1.54) is 25.3 Å². The van der Waals surface area contributed by atoms with Crippen molar-refractivity contribution in [3.63, 3.8) is 0 Å². The van der Waals surface area contributed by atoms with E-state index in [9.17, 15) is 26.4 Å². The van der Waals surface area contributed by atoms with E-state index >= 15 is 0 Å². The molecule has 0 aliphatic carbocycles. The fraction of sp³-hybridized carbons (Fsp3) is 0.125. The van der Waals surface area contributed by atoms with Crippen LogP contribution in [0.2, 0.25) is 10.0 Å². The summed E-state index contributed by atoms with van der Waals surface area (Å²) in [7, 11) is -4.22. The van der Waals surface area contributed by atoms with Crippen molar-refractivity contribution in [3.05, 3.63) is 130 Å². The van der Waals surface area contributed by atoms with Gasteiger partial charge in [-0.2, -0.15) is 21.6 Å². The highest BCUT2D eigenvalue weighted by Crippen LogP contribution is 2.31. The van der Waals surface area contributed by atoms with Gasteiger partial charge in [-0.15, -0.1) is 0 Å². The average Bonchev–Trinajstić information content (AvgIpc) is 3.38. The van der Waals surface area contributed by atoms with E-state index in [4.69, 9.17) is 32.9 Å². The van der Waals surface area contributed by atoms with Gasteiger partial charge in [0.2, 0.25) is 0 Å². The number of carbonyl (C=O) groups is 1. The van der Waals surface area contributed by atoms with Gasteiger partial charge in [0, 0.05) is 35.4 Å². The van der Waals surface area contributed by atoms with Crippen LogP contribution >= 0.6 is 23.2 Å². The molecule has 0 saturated heterocycles. The summed E-state index contributed by atoms with van der Waals surface area (Å²) in [5, 5.41) is 0.947. The number of rotatable bonds is 9. The van der Waals surface area contributed by atoms with Crippen LogP contribution in [0.5, 0.6) is 0 Å². The second-order valence-corrected chi connectivity index (χ2v) is 12.5. The fourth-order valence-corrected chi connectivity index (χ4v) is 5.65. The van der Waals surface area contributed by atoms with Crippen molar-refractivity contribution in [3.8, 4) is 22.4 Å². The van der Waals surface area contributed by atoms with Gasteiger partial charge in [-0.25, -0.2) is 9.78 Å². The maximum atomic E-state index is 12.8. The van der Waals surface area contributed by atoms with Crippen LogP contribution in [0.3, 0.4) is 0 Å². The molecule has 5 aromatic rings. The number of methoxy groups -OCH3 is 1. The third-order valence-corrected chi connectivity index (χ3v) is 8.52. The van der Waals surface area contributed by atoms with E-state index in [0.717, 1.165) is 17.0 Å². The number of benzene rings is 4. The lowest BCUT2D eigenvalue weighted by Crippen LogP contribution is -2.29. The second kappa shape index (κ2) is 13.0. The Labute approximate surface area is 267 Å². The maximum absolute atomic E-state index is 12.8. The van der Waals surface area contributed by atoms with Gasteiger partial charge in [0.15, 0.2) is 0 Å². The Kier molecular flexibility index (Phi) is 9.24. The fourth-order valence-electron chi connectivity index (χ4n) is 4.59. The van der Waals surface area contributed by atoms with Gasteiger partial charge in [0.05, 0.1) is 23.4 Å². The van der Waals surface area contributed by atoms with E-state index in [1.54, 1.807) is 53.3 Å². The SMILES string of the molecule is COC(=O)c1ccc(Cn2cc(-c3ccc(Cl)cc3Cl)nc2Cc2ccc(-c3cccc(NS(=O)(=O)C(F)(F)F)c3)cc2)cc1. The van der Waals surface area contributed by atoms with Crippen molar-refractivity contribution in [2.24, 2.45) is 0 Å². The smallest absolute Gasteiger partial charge is 0.465 e. The number of halogens is 5. The molecule has 45 heavy (non-hydrogen) atoms. The molecule has 0 bridgehead atoms. The van der Waals surface area contributed by atoms with Crippen LogP contribution in [0.15, 0.2) is 97.2 Å². The summed E-state index contributed by atoms with van der Waals surface area (Å²) in [5.74, 6) is 0.298. The number of imidazole rings is 1. The number of aromatic nitrogens is 2. The highest BCUT2D eigenvalue weighted by atomic mass is 35.5. The maximum Gasteiger partial charge on any atom is 0.516 e. The molecule has 4 aromatic carbocycles. The van der Waals surface area contributed by atoms with Crippen LogP contribution in [0.25, 0.3) is 22.4 Å². The molecule has 0 aliphatic heterocycles. The van der Waals surface area contributed by atoms with Gasteiger partial charge >= 0.3 is 21.5 Å². The third kappa shape index (κ3) is 7.50. The topological polar surface area (TPSA) is 90.3 Å². The minimum atomic E-state index is -5.54. The van der Waals surface area contributed by atoms with Crippen LogP contribution < -0.4 is 4.72 Å². The van der Waals surface area contributed by atoms with E-state index in [1.807, 2.05) is 35.0 Å². The Bertz CT molecular complexity index is 1960. The second-order valence-electron chi connectivity index (χ2n) is 9.99. The summed E-state index contributed by atoms with van der Waals surface area (Å²) < 4.78 is 69.9. The molecular formula is C32H24Cl2F3N3O4S. The molecule has 1 heterocycles. The number of hydrogen-bond acceptors (Lipinski definition) is 5. The van der Waals surface area contributed by atoms with E-state index in [-0.39, 0.29) is 5.69 Å². The lowest BCUT2D eigenvalue weighted by atomic mass is 10.0. The molecule has 0 fully saturated rings. The van der Waals surface area contributed by atoms with Crippen LogP contribution in [0, 0.1) is 0 Å². The summed E-state index contributed by atoms with van der Waals surface area (Å²) in [6.45, 7) is 0.452. The largest absolute Gasteiger partial charge is 0.516 e. The Morgan fingerprint density at radius 2 is 1.60 bits per heavy atom. The van der Waals surface area contributed by atoms with Crippen molar-refractivity contribution in [1.29, 1.82) is 0 Å². The van der Waals surface area contributed by atoms with Crippen molar-refractivity contribution in [2.45, 2.75) is 18.5 Å². The van der Waals surface area contributed by atoms with Gasteiger partial charge in [-0.05, 0) is 64.7 Å². The first-order chi connectivity index (χ1) is 21.3. The number of nitrogens with zero attached hydrogens (tertiary/aromatic N) is 2. The number of ether oxygens (including phenoxy) is 1. The first kappa shape index (κ1) is 32.1. The van der Waals surface area contributed by atoms with Crippen molar-refractivity contribution in [1.82, 2.24) is 9.55 Å². The van der Waals surface area contributed by atoms with E-state index < -0.39 is 21.5 Å². The number of esters is 1. The molecule has 1 aromatic heterocycles.